The summed E-state index contributed by atoms with van der Waals surface area (Å²) in [5.74, 6) is 0.415. The number of carbonyl (C=O) groups is 2. The highest BCUT2D eigenvalue weighted by atomic mass is 16.5. The van der Waals surface area contributed by atoms with E-state index in [4.69, 9.17) is 9.47 Å². The number of amides is 2. The van der Waals surface area contributed by atoms with Crippen molar-refractivity contribution in [2.24, 2.45) is 0 Å². The van der Waals surface area contributed by atoms with Gasteiger partial charge in [-0.15, -0.1) is 0 Å². The Morgan fingerprint density at radius 1 is 0.875 bits per heavy atom. The van der Waals surface area contributed by atoms with Gasteiger partial charge in [0.25, 0.3) is 0 Å². The topological polar surface area (TPSA) is 62.3 Å². The van der Waals surface area contributed by atoms with E-state index in [0.29, 0.717) is 26.1 Å². The first-order chi connectivity index (χ1) is 11.5. The monoisotopic (exact) mass is 341 g/mol. The third-order valence-corrected chi connectivity index (χ3v) is 4.66. The summed E-state index contributed by atoms with van der Waals surface area (Å²) in [5, 5.41) is 0. The maximum atomic E-state index is 11.4. The molecule has 0 atom stereocenters. The highest BCUT2D eigenvalue weighted by molar-refractivity contribution is 5.77. The molecule has 0 spiro atoms. The van der Waals surface area contributed by atoms with Gasteiger partial charge in [0, 0.05) is 52.1 Å². The molecule has 2 aliphatic heterocycles. The van der Waals surface area contributed by atoms with Crippen molar-refractivity contribution in [2.45, 2.75) is 38.9 Å². The first-order valence-electron chi connectivity index (χ1n) is 9.00. The molecule has 0 aliphatic carbocycles. The van der Waals surface area contributed by atoms with Crippen molar-refractivity contribution >= 4 is 11.8 Å². The summed E-state index contributed by atoms with van der Waals surface area (Å²) < 4.78 is 11.5. The van der Waals surface area contributed by atoms with E-state index in [-0.39, 0.29) is 24.0 Å². The number of hydrogen-bond acceptors (Lipinski definition) is 5. The van der Waals surface area contributed by atoms with E-state index >= 15 is 0 Å². The number of ether oxygens (including phenoxy) is 2. The molecule has 2 rings (SSSR count). The molecule has 2 heterocycles. The van der Waals surface area contributed by atoms with Crippen LogP contribution in [-0.2, 0) is 19.1 Å². The van der Waals surface area contributed by atoms with Crippen LogP contribution in [0, 0.1) is 0 Å². The summed E-state index contributed by atoms with van der Waals surface area (Å²) in [5.41, 5.74) is 0. The molecule has 0 saturated carbocycles. The second-order valence-electron chi connectivity index (χ2n) is 6.59. The predicted octanol–water partition coefficient (Wildman–Crippen LogP) is 0.193. The second-order valence-corrected chi connectivity index (χ2v) is 6.59. The van der Waals surface area contributed by atoms with Gasteiger partial charge in [0.1, 0.15) is 0 Å². The van der Waals surface area contributed by atoms with E-state index in [1.54, 1.807) is 0 Å². The first kappa shape index (κ1) is 19.1. The highest BCUT2D eigenvalue weighted by Gasteiger charge is 2.31. The summed E-state index contributed by atoms with van der Waals surface area (Å²) in [6, 6.07) is 0. The molecule has 7 heteroatoms. The normalized spacial score (nSPS) is 18.7. The van der Waals surface area contributed by atoms with E-state index in [0.717, 1.165) is 39.3 Å². The molecule has 24 heavy (non-hydrogen) atoms. The van der Waals surface area contributed by atoms with Crippen LogP contribution in [0.3, 0.4) is 0 Å². The lowest BCUT2D eigenvalue weighted by Crippen LogP contribution is -2.55. The number of carbonyl (C=O) groups excluding carboxylic acids is 2. The molecule has 2 fully saturated rings. The number of nitrogens with zero attached hydrogens (tertiary/aromatic N) is 3. The fourth-order valence-corrected chi connectivity index (χ4v) is 2.80. The van der Waals surface area contributed by atoms with Gasteiger partial charge in [-0.05, 0) is 7.05 Å². The number of rotatable bonds is 10. The van der Waals surface area contributed by atoms with Gasteiger partial charge in [-0.2, -0.15) is 0 Å². The standard InChI is InChI=1S/C17H31N3O4/c1-4-16(21)19-10-14(11-19)23-8-6-18(3)7-9-24-15-12-20(13-15)17(22)5-2/h14-15H,4-13H2,1-3H3. The van der Waals surface area contributed by atoms with Crippen LogP contribution in [0.15, 0.2) is 0 Å². The zero-order valence-electron chi connectivity index (χ0n) is 15.2. The largest absolute Gasteiger partial charge is 0.373 e. The summed E-state index contributed by atoms with van der Waals surface area (Å²) >= 11 is 0. The van der Waals surface area contributed by atoms with Crippen LogP contribution in [0.1, 0.15) is 26.7 Å². The van der Waals surface area contributed by atoms with Gasteiger partial charge >= 0.3 is 0 Å². The number of likely N-dealkylation sites (tertiary alicyclic amines) is 2. The Labute approximate surface area is 144 Å². The molecule has 2 amide bonds. The SMILES string of the molecule is CCC(=O)N1CC(OCCN(C)CCOC2CN(C(=O)CC)C2)C1. The lowest BCUT2D eigenvalue weighted by atomic mass is 10.1. The maximum Gasteiger partial charge on any atom is 0.222 e. The zero-order valence-corrected chi connectivity index (χ0v) is 15.2. The van der Waals surface area contributed by atoms with Crippen LogP contribution in [0.25, 0.3) is 0 Å². The third-order valence-electron chi connectivity index (χ3n) is 4.66. The predicted molar refractivity (Wildman–Crippen MR) is 90.7 cm³/mol. The van der Waals surface area contributed by atoms with Crippen LogP contribution in [0.5, 0.6) is 0 Å². The van der Waals surface area contributed by atoms with E-state index in [1.165, 1.54) is 0 Å². The van der Waals surface area contributed by atoms with Gasteiger partial charge in [-0.25, -0.2) is 0 Å². The minimum absolute atomic E-state index is 0.196. The summed E-state index contributed by atoms with van der Waals surface area (Å²) in [7, 11) is 2.05. The fraction of sp³-hybridized carbons (Fsp3) is 0.882. The second kappa shape index (κ2) is 9.34. The molecular formula is C17H31N3O4. The Morgan fingerprint density at radius 3 is 1.58 bits per heavy atom. The fourth-order valence-electron chi connectivity index (χ4n) is 2.80. The molecule has 0 aromatic rings. The summed E-state index contributed by atoms with van der Waals surface area (Å²) in [6.07, 6.45) is 1.53. The molecule has 0 radical (unpaired) electrons. The van der Waals surface area contributed by atoms with Crippen LogP contribution in [0.4, 0.5) is 0 Å². The molecule has 0 unspecified atom stereocenters. The van der Waals surface area contributed by atoms with E-state index in [2.05, 4.69) is 4.90 Å². The Hall–Kier alpha value is -1.18. The first-order valence-corrected chi connectivity index (χ1v) is 9.00. The maximum absolute atomic E-state index is 11.4. The minimum atomic E-state index is 0.196. The lowest BCUT2D eigenvalue weighted by Gasteiger charge is -2.39. The lowest BCUT2D eigenvalue weighted by molar-refractivity contribution is -0.145. The third kappa shape index (κ3) is 5.43. The van der Waals surface area contributed by atoms with E-state index in [9.17, 15) is 9.59 Å². The average molecular weight is 341 g/mol. The minimum Gasteiger partial charge on any atom is -0.373 e. The molecule has 138 valence electrons. The quantitative estimate of drug-likeness (QED) is 0.568. The average Bonchev–Trinajstić information content (AvgIpc) is 2.50. The summed E-state index contributed by atoms with van der Waals surface area (Å²) in [6.45, 7) is 9.76. The van der Waals surface area contributed by atoms with E-state index < -0.39 is 0 Å². The van der Waals surface area contributed by atoms with Crippen molar-refractivity contribution in [1.29, 1.82) is 0 Å². The molecule has 2 aliphatic rings. The van der Waals surface area contributed by atoms with Gasteiger partial charge in [0.15, 0.2) is 0 Å². The molecular weight excluding hydrogens is 310 g/mol. The van der Waals surface area contributed by atoms with Gasteiger partial charge in [-0.3, -0.25) is 9.59 Å². The Kier molecular flexibility index (Phi) is 7.45. The summed E-state index contributed by atoms with van der Waals surface area (Å²) in [4.78, 5) is 28.7. The molecule has 0 N–H and O–H groups in total. The highest BCUT2D eigenvalue weighted by Crippen LogP contribution is 2.13. The van der Waals surface area contributed by atoms with Crippen LogP contribution >= 0.6 is 0 Å². The van der Waals surface area contributed by atoms with Gasteiger partial charge < -0.3 is 24.2 Å². The molecule has 7 nitrogen and oxygen atoms in total. The molecule has 0 aromatic heterocycles. The Balaban J connectivity index is 1.42. The van der Waals surface area contributed by atoms with Crippen molar-refractivity contribution in [2.75, 3.05) is 59.5 Å². The van der Waals surface area contributed by atoms with Crippen molar-refractivity contribution in [3.05, 3.63) is 0 Å². The van der Waals surface area contributed by atoms with Crippen LogP contribution in [-0.4, -0.2) is 98.3 Å². The smallest absolute Gasteiger partial charge is 0.222 e. The van der Waals surface area contributed by atoms with Gasteiger partial charge in [-0.1, -0.05) is 13.8 Å². The van der Waals surface area contributed by atoms with Crippen LogP contribution < -0.4 is 0 Å². The van der Waals surface area contributed by atoms with Crippen molar-refractivity contribution < 1.29 is 19.1 Å². The Morgan fingerprint density at radius 2 is 1.25 bits per heavy atom. The van der Waals surface area contributed by atoms with Crippen LogP contribution in [0.2, 0.25) is 0 Å². The number of likely N-dealkylation sites (N-methyl/N-ethyl adjacent to an activating group) is 1. The molecule has 0 bridgehead atoms. The van der Waals surface area contributed by atoms with E-state index in [1.807, 2.05) is 30.7 Å². The van der Waals surface area contributed by atoms with Gasteiger partial charge in [0.05, 0.1) is 25.4 Å². The number of hydrogen-bond donors (Lipinski definition) is 0. The van der Waals surface area contributed by atoms with Crippen molar-refractivity contribution in [1.82, 2.24) is 14.7 Å². The zero-order chi connectivity index (χ0) is 17.5. The molecule has 2 saturated heterocycles. The Bertz CT molecular complexity index is 382. The van der Waals surface area contributed by atoms with Crippen molar-refractivity contribution in [3.8, 4) is 0 Å². The van der Waals surface area contributed by atoms with Gasteiger partial charge in [0.2, 0.25) is 11.8 Å². The molecule has 0 aromatic carbocycles. The van der Waals surface area contributed by atoms with Crippen molar-refractivity contribution in [3.63, 3.8) is 0 Å².